The molecule has 1 aliphatic carbocycles. The minimum Gasteiger partial charge on any atom is -0.356 e. The van der Waals surface area contributed by atoms with Crippen molar-refractivity contribution in [3.63, 3.8) is 0 Å². The van der Waals surface area contributed by atoms with E-state index in [-0.39, 0.29) is 23.7 Å². The highest BCUT2D eigenvalue weighted by Crippen LogP contribution is 2.38. The Kier molecular flexibility index (Phi) is 5.31. The number of carbonyl (C=O) groups is 2. The Morgan fingerprint density at radius 2 is 1.95 bits per heavy atom. The van der Waals surface area contributed by atoms with Crippen LogP contribution in [-0.4, -0.2) is 23.3 Å². The molecule has 21 heavy (non-hydrogen) atoms. The number of pyridine rings is 1. The minimum absolute atomic E-state index is 0.00800. The predicted octanol–water partition coefficient (Wildman–Crippen LogP) is 1.50. The molecular formula is C16H23N3O2. The Bertz CT molecular complexity index is 488. The second kappa shape index (κ2) is 7.20. The van der Waals surface area contributed by atoms with Gasteiger partial charge in [-0.25, -0.2) is 0 Å². The maximum absolute atomic E-state index is 12.0. The molecule has 5 nitrogen and oxygen atoms in total. The van der Waals surface area contributed by atoms with E-state index in [1.807, 2.05) is 18.2 Å². The van der Waals surface area contributed by atoms with Crippen LogP contribution < -0.4 is 10.6 Å². The normalized spacial score (nSPS) is 20.1. The van der Waals surface area contributed by atoms with Crippen LogP contribution in [0.5, 0.6) is 0 Å². The van der Waals surface area contributed by atoms with Gasteiger partial charge in [0.2, 0.25) is 11.8 Å². The van der Waals surface area contributed by atoms with E-state index in [4.69, 9.17) is 0 Å². The van der Waals surface area contributed by atoms with Gasteiger partial charge in [-0.15, -0.1) is 0 Å². The first kappa shape index (κ1) is 15.5. The fourth-order valence-corrected chi connectivity index (χ4v) is 2.20. The zero-order chi connectivity index (χ0) is 15.2. The highest BCUT2D eigenvalue weighted by atomic mass is 16.2. The lowest BCUT2D eigenvalue weighted by Gasteiger charge is -2.07. The Labute approximate surface area is 125 Å². The molecule has 1 aliphatic rings. The molecule has 1 saturated carbocycles. The number of nitrogens with zero attached hydrogens (tertiary/aromatic N) is 1. The van der Waals surface area contributed by atoms with E-state index in [9.17, 15) is 9.59 Å². The van der Waals surface area contributed by atoms with E-state index in [1.165, 1.54) is 0 Å². The molecule has 0 saturated heterocycles. The average molecular weight is 289 g/mol. The zero-order valence-electron chi connectivity index (χ0n) is 12.6. The lowest BCUT2D eigenvalue weighted by molar-refractivity contribution is -0.127. The number of amides is 2. The van der Waals surface area contributed by atoms with Crippen molar-refractivity contribution in [1.29, 1.82) is 0 Å². The van der Waals surface area contributed by atoms with E-state index < -0.39 is 0 Å². The molecule has 0 aliphatic heterocycles. The Morgan fingerprint density at radius 3 is 2.57 bits per heavy atom. The summed E-state index contributed by atoms with van der Waals surface area (Å²) in [6.45, 7) is 5.35. The van der Waals surface area contributed by atoms with Crippen LogP contribution in [0.15, 0.2) is 24.4 Å². The van der Waals surface area contributed by atoms with E-state index >= 15 is 0 Å². The highest BCUT2D eigenvalue weighted by Gasteiger charge is 2.47. The minimum atomic E-state index is -0.173. The summed E-state index contributed by atoms with van der Waals surface area (Å²) < 4.78 is 0. The fourth-order valence-electron chi connectivity index (χ4n) is 2.20. The molecule has 0 spiro atoms. The van der Waals surface area contributed by atoms with Crippen molar-refractivity contribution >= 4 is 11.8 Å². The lowest BCUT2D eigenvalue weighted by atomic mass is 10.1. The molecule has 2 rings (SSSR count). The van der Waals surface area contributed by atoms with Gasteiger partial charge in [0, 0.05) is 12.7 Å². The first-order valence-corrected chi connectivity index (χ1v) is 7.53. The number of aromatic nitrogens is 1. The second-order valence-corrected chi connectivity index (χ2v) is 5.96. The summed E-state index contributed by atoms with van der Waals surface area (Å²) in [4.78, 5) is 28.0. The highest BCUT2D eigenvalue weighted by molar-refractivity contribution is 5.92. The van der Waals surface area contributed by atoms with Gasteiger partial charge in [-0.3, -0.25) is 14.6 Å². The van der Waals surface area contributed by atoms with E-state index in [0.29, 0.717) is 25.4 Å². The first-order valence-electron chi connectivity index (χ1n) is 7.53. The van der Waals surface area contributed by atoms with Crippen molar-refractivity contribution in [2.75, 3.05) is 6.54 Å². The molecule has 1 heterocycles. The molecule has 2 amide bonds. The van der Waals surface area contributed by atoms with Crippen LogP contribution in [-0.2, 0) is 16.1 Å². The summed E-state index contributed by atoms with van der Waals surface area (Å²) in [7, 11) is 0. The van der Waals surface area contributed by atoms with Crippen molar-refractivity contribution in [1.82, 2.24) is 15.6 Å². The van der Waals surface area contributed by atoms with Gasteiger partial charge in [0.1, 0.15) is 0 Å². The molecule has 114 valence electrons. The van der Waals surface area contributed by atoms with E-state index in [1.54, 1.807) is 6.20 Å². The Hall–Kier alpha value is -1.91. The predicted molar refractivity (Wildman–Crippen MR) is 80.1 cm³/mol. The Morgan fingerprint density at radius 1 is 1.24 bits per heavy atom. The van der Waals surface area contributed by atoms with Gasteiger partial charge < -0.3 is 10.6 Å². The van der Waals surface area contributed by atoms with Crippen LogP contribution in [0.2, 0.25) is 0 Å². The third-order valence-corrected chi connectivity index (χ3v) is 3.65. The van der Waals surface area contributed by atoms with Crippen LogP contribution in [0, 0.1) is 17.8 Å². The van der Waals surface area contributed by atoms with Crippen molar-refractivity contribution in [2.24, 2.45) is 17.8 Å². The SMILES string of the molecule is CC(C)CCNC(=O)C1CC1C(=O)NCc1ccccn1. The molecule has 0 bridgehead atoms. The quantitative estimate of drug-likeness (QED) is 0.799. The monoisotopic (exact) mass is 289 g/mol. The second-order valence-electron chi connectivity index (χ2n) is 5.96. The van der Waals surface area contributed by atoms with E-state index in [2.05, 4.69) is 29.5 Å². The van der Waals surface area contributed by atoms with Crippen LogP contribution in [0.1, 0.15) is 32.4 Å². The maximum Gasteiger partial charge on any atom is 0.224 e. The van der Waals surface area contributed by atoms with Crippen molar-refractivity contribution in [3.8, 4) is 0 Å². The fraction of sp³-hybridized carbons (Fsp3) is 0.562. The summed E-state index contributed by atoms with van der Waals surface area (Å²) in [6, 6.07) is 5.59. The smallest absolute Gasteiger partial charge is 0.224 e. The zero-order valence-corrected chi connectivity index (χ0v) is 12.6. The average Bonchev–Trinajstić information content (AvgIpc) is 3.26. The van der Waals surface area contributed by atoms with Gasteiger partial charge in [0.05, 0.1) is 24.1 Å². The summed E-state index contributed by atoms with van der Waals surface area (Å²) in [5.41, 5.74) is 0.824. The molecule has 5 heteroatoms. The van der Waals surface area contributed by atoms with Crippen LogP contribution in [0.25, 0.3) is 0 Å². The van der Waals surface area contributed by atoms with Crippen LogP contribution in [0.3, 0.4) is 0 Å². The first-order chi connectivity index (χ1) is 10.1. The molecular weight excluding hydrogens is 266 g/mol. The van der Waals surface area contributed by atoms with E-state index in [0.717, 1.165) is 12.1 Å². The van der Waals surface area contributed by atoms with Crippen LogP contribution >= 0.6 is 0 Å². The third kappa shape index (κ3) is 4.85. The third-order valence-electron chi connectivity index (χ3n) is 3.65. The maximum atomic E-state index is 12.0. The molecule has 2 atom stereocenters. The summed E-state index contributed by atoms with van der Waals surface area (Å²) in [5, 5.41) is 5.74. The summed E-state index contributed by atoms with van der Waals surface area (Å²) in [6.07, 6.45) is 3.32. The summed E-state index contributed by atoms with van der Waals surface area (Å²) in [5.74, 6) is 0.203. The standard InChI is InChI=1S/C16H23N3O2/c1-11(2)6-8-18-15(20)13-9-14(13)16(21)19-10-12-5-3-4-7-17-12/h3-5,7,11,13-14H,6,8-10H2,1-2H3,(H,18,20)(H,19,21). The molecule has 0 aromatic carbocycles. The number of hydrogen-bond donors (Lipinski definition) is 2. The summed E-state index contributed by atoms with van der Waals surface area (Å²) >= 11 is 0. The Balaban J connectivity index is 1.67. The van der Waals surface area contributed by atoms with Gasteiger partial charge in [0.25, 0.3) is 0 Å². The van der Waals surface area contributed by atoms with Gasteiger partial charge in [-0.2, -0.15) is 0 Å². The molecule has 0 radical (unpaired) electrons. The number of nitrogens with one attached hydrogen (secondary N) is 2. The number of hydrogen-bond acceptors (Lipinski definition) is 3. The van der Waals surface area contributed by atoms with Gasteiger partial charge in [0.15, 0.2) is 0 Å². The number of rotatable bonds is 7. The van der Waals surface area contributed by atoms with Crippen LogP contribution in [0.4, 0.5) is 0 Å². The van der Waals surface area contributed by atoms with Gasteiger partial charge in [-0.1, -0.05) is 19.9 Å². The van der Waals surface area contributed by atoms with Crippen molar-refractivity contribution < 1.29 is 9.59 Å². The molecule has 1 aromatic rings. The lowest BCUT2D eigenvalue weighted by Crippen LogP contribution is -2.31. The number of carbonyl (C=O) groups excluding carboxylic acids is 2. The topological polar surface area (TPSA) is 71.1 Å². The van der Waals surface area contributed by atoms with Gasteiger partial charge >= 0.3 is 0 Å². The van der Waals surface area contributed by atoms with Crippen molar-refractivity contribution in [2.45, 2.75) is 33.2 Å². The largest absolute Gasteiger partial charge is 0.356 e. The molecule has 1 fully saturated rings. The van der Waals surface area contributed by atoms with Gasteiger partial charge in [-0.05, 0) is 30.9 Å². The van der Waals surface area contributed by atoms with Crippen molar-refractivity contribution in [3.05, 3.63) is 30.1 Å². The molecule has 1 aromatic heterocycles. The molecule has 2 unspecified atom stereocenters. The molecule has 2 N–H and O–H groups in total.